The molecular weight excluding hydrogens is 450 g/mol. The molecule has 2 heterocycles. The van der Waals surface area contributed by atoms with Crippen molar-refractivity contribution in [3.05, 3.63) is 84.4 Å². The van der Waals surface area contributed by atoms with Crippen molar-refractivity contribution in [2.45, 2.75) is 5.16 Å². The number of ether oxygens (including phenoxy) is 1. The van der Waals surface area contributed by atoms with Gasteiger partial charge in [-0.05, 0) is 12.1 Å². The Bertz CT molecular complexity index is 1520. The molecule has 0 atom stereocenters. The topological polar surface area (TPSA) is 98.5 Å². The largest absolute Gasteiger partial charge is 0.465 e. The Labute approximate surface area is 199 Å². The van der Waals surface area contributed by atoms with Crippen molar-refractivity contribution in [2.75, 3.05) is 18.2 Å². The number of nitrogens with one attached hydrogen (secondary N) is 1. The van der Waals surface area contributed by atoms with Crippen LogP contribution in [-0.4, -0.2) is 44.6 Å². The van der Waals surface area contributed by atoms with Crippen LogP contribution in [0.4, 0.5) is 5.69 Å². The fourth-order valence-corrected chi connectivity index (χ4v) is 4.34. The second-order valence-electron chi connectivity index (χ2n) is 7.35. The predicted octanol–water partition coefficient (Wildman–Crippen LogP) is 4.46. The zero-order valence-electron chi connectivity index (χ0n) is 18.1. The third kappa shape index (κ3) is 4.08. The number of aromatic nitrogens is 4. The monoisotopic (exact) mass is 469 g/mol. The Kier molecular flexibility index (Phi) is 5.92. The molecule has 34 heavy (non-hydrogen) atoms. The first kappa shape index (κ1) is 21.6. The van der Waals surface area contributed by atoms with Crippen LogP contribution < -0.4 is 5.32 Å². The fourth-order valence-electron chi connectivity index (χ4n) is 3.66. The lowest BCUT2D eigenvalue weighted by Crippen LogP contribution is -2.17. The van der Waals surface area contributed by atoms with Gasteiger partial charge < -0.3 is 10.1 Å². The molecule has 5 aromatic rings. The maximum absolute atomic E-state index is 12.6. The Balaban J connectivity index is 1.44. The number of fused-ring (bicyclic) bond motifs is 3. The van der Waals surface area contributed by atoms with Gasteiger partial charge in [0.15, 0.2) is 5.65 Å². The number of hydrogen-bond acceptors (Lipinski definition) is 7. The molecule has 0 aliphatic rings. The number of methoxy groups -OCH3 is 1. The molecule has 0 bridgehead atoms. The molecule has 0 unspecified atom stereocenters. The minimum atomic E-state index is -0.517. The van der Waals surface area contributed by atoms with Gasteiger partial charge in [-0.3, -0.25) is 4.79 Å². The number of para-hydroxylation sites is 1. The van der Waals surface area contributed by atoms with Crippen molar-refractivity contribution in [2.24, 2.45) is 0 Å². The molecule has 1 amide bonds. The number of nitrogens with zero attached hydrogens (tertiary/aromatic N) is 4. The van der Waals surface area contributed by atoms with E-state index in [0.29, 0.717) is 16.5 Å². The number of carbonyl (C=O) groups is 2. The highest BCUT2D eigenvalue weighted by Crippen LogP contribution is 2.30. The highest BCUT2D eigenvalue weighted by Gasteiger charge is 2.18. The van der Waals surface area contributed by atoms with E-state index in [0.717, 1.165) is 22.0 Å². The van der Waals surface area contributed by atoms with E-state index in [2.05, 4.69) is 15.5 Å². The number of amides is 1. The van der Waals surface area contributed by atoms with E-state index in [4.69, 9.17) is 9.84 Å². The van der Waals surface area contributed by atoms with Gasteiger partial charge in [-0.2, -0.15) is 9.61 Å². The molecule has 2 aromatic heterocycles. The van der Waals surface area contributed by atoms with Crippen molar-refractivity contribution >= 4 is 45.7 Å². The summed E-state index contributed by atoms with van der Waals surface area (Å²) in [5.74, 6) is -0.746. The first-order valence-electron chi connectivity index (χ1n) is 10.5. The quantitative estimate of drug-likeness (QED) is 0.290. The molecule has 0 aliphatic carbocycles. The zero-order chi connectivity index (χ0) is 23.5. The zero-order valence-corrected chi connectivity index (χ0v) is 19.0. The van der Waals surface area contributed by atoms with Crippen LogP contribution in [0.25, 0.3) is 27.7 Å². The predicted molar refractivity (Wildman–Crippen MR) is 131 cm³/mol. The fraction of sp³-hybridized carbons (Fsp3) is 0.0800. The first-order valence-corrected chi connectivity index (χ1v) is 11.4. The summed E-state index contributed by atoms with van der Waals surface area (Å²) in [5, 5.41) is 18.6. The van der Waals surface area contributed by atoms with E-state index in [-0.39, 0.29) is 17.2 Å². The second-order valence-corrected chi connectivity index (χ2v) is 8.29. The summed E-state index contributed by atoms with van der Waals surface area (Å²) < 4.78 is 6.45. The normalized spacial score (nSPS) is 11.0. The van der Waals surface area contributed by atoms with Gasteiger partial charge in [-0.1, -0.05) is 78.5 Å². The minimum absolute atomic E-state index is 0.0610. The summed E-state index contributed by atoms with van der Waals surface area (Å²) in [6.45, 7) is 0. The average molecular weight is 470 g/mol. The highest BCUT2D eigenvalue weighted by atomic mass is 32.2. The standard InChI is InChI=1S/C25H19N5O3S/c1-33-24(32)19-13-7-8-14-20(19)26-21(31)15-34-25-28-27-23-18-12-6-5-11-17(18)22(29-30(23)25)16-9-3-2-4-10-16/h2-14H,15H2,1H3,(H,26,31). The molecule has 0 spiro atoms. The van der Waals surface area contributed by atoms with Gasteiger partial charge in [0, 0.05) is 16.3 Å². The van der Waals surface area contributed by atoms with Gasteiger partial charge in [0.25, 0.3) is 0 Å². The van der Waals surface area contributed by atoms with Crippen molar-refractivity contribution in [3.8, 4) is 11.3 Å². The van der Waals surface area contributed by atoms with Gasteiger partial charge in [0.1, 0.15) is 0 Å². The van der Waals surface area contributed by atoms with Crippen LogP contribution in [0.15, 0.2) is 84.0 Å². The van der Waals surface area contributed by atoms with Crippen LogP contribution in [0.1, 0.15) is 10.4 Å². The SMILES string of the molecule is COC(=O)c1ccccc1NC(=O)CSc1nnc2c3ccccc3c(-c3ccccc3)nn12. The van der Waals surface area contributed by atoms with Crippen LogP contribution in [-0.2, 0) is 9.53 Å². The molecular formula is C25H19N5O3S. The smallest absolute Gasteiger partial charge is 0.339 e. The molecule has 0 aliphatic heterocycles. The van der Waals surface area contributed by atoms with Crippen LogP contribution >= 0.6 is 11.8 Å². The average Bonchev–Trinajstić information content (AvgIpc) is 3.30. The highest BCUT2D eigenvalue weighted by molar-refractivity contribution is 7.99. The van der Waals surface area contributed by atoms with Crippen molar-refractivity contribution in [3.63, 3.8) is 0 Å². The number of esters is 1. The molecule has 9 heteroatoms. The van der Waals surface area contributed by atoms with E-state index in [9.17, 15) is 9.59 Å². The maximum Gasteiger partial charge on any atom is 0.339 e. The molecule has 0 saturated carbocycles. The summed E-state index contributed by atoms with van der Waals surface area (Å²) >= 11 is 1.22. The third-order valence-corrected chi connectivity index (χ3v) is 6.14. The lowest BCUT2D eigenvalue weighted by Gasteiger charge is -2.10. The second kappa shape index (κ2) is 9.32. The van der Waals surface area contributed by atoms with E-state index < -0.39 is 5.97 Å². The number of thioether (sulfide) groups is 1. The van der Waals surface area contributed by atoms with Gasteiger partial charge in [-0.15, -0.1) is 10.2 Å². The number of hydrogen-bond donors (Lipinski definition) is 1. The maximum atomic E-state index is 12.6. The summed E-state index contributed by atoms with van der Waals surface area (Å²) in [6.07, 6.45) is 0. The number of benzene rings is 3. The number of anilines is 1. The summed E-state index contributed by atoms with van der Waals surface area (Å²) in [4.78, 5) is 24.6. The molecule has 5 rings (SSSR count). The molecule has 8 nitrogen and oxygen atoms in total. The molecule has 1 N–H and O–H groups in total. The minimum Gasteiger partial charge on any atom is -0.465 e. The van der Waals surface area contributed by atoms with E-state index in [1.807, 2.05) is 54.6 Å². The third-order valence-electron chi connectivity index (χ3n) is 5.22. The Morgan fingerprint density at radius 3 is 2.41 bits per heavy atom. The van der Waals surface area contributed by atoms with Gasteiger partial charge in [-0.25, -0.2) is 4.79 Å². The molecule has 3 aromatic carbocycles. The number of carbonyl (C=O) groups excluding carboxylic acids is 2. The van der Waals surface area contributed by atoms with E-state index >= 15 is 0 Å². The Morgan fingerprint density at radius 2 is 1.62 bits per heavy atom. The molecule has 0 saturated heterocycles. The molecule has 0 fully saturated rings. The van der Waals surface area contributed by atoms with Crippen LogP contribution in [0.2, 0.25) is 0 Å². The molecule has 0 radical (unpaired) electrons. The van der Waals surface area contributed by atoms with Crippen LogP contribution in [0.3, 0.4) is 0 Å². The summed E-state index contributed by atoms with van der Waals surface area (Å²) in [5.41, 5.74) is 3.08. The molecule has 168 valence electrons. The van der Waals surface area contributed by atoms with Gasteiger partial charge in [0.2, 0.25) is 11.1 Å². The first-order chi connectivity index (χ1) is 16.7. The van der Waals surface area contributed by atoms with Crippen molar-refractivity contribution in [1.29, 1.82) is 0 Å². The van der Waals surface area contributed by atoms with Gasteiger partial charge >= 0.3 is 5.97 Å². The lowest BCUT2D eigenvalue weighted by atomic mass is 10.1. The van der Waals surface area contributed by atoms with Gasteiger partial charge in [0.05, 0.1) is 29.8 Å². The van der Waals surface area contributed by atoms with E-state index in [1.165, 1.54) is 18.9 Å². The van der Waals surface area contributed by atoms with Crippen molar-refractivity contribution < 1.29 is 14.3 Å². The Morgan fingerprint density at radius 1 is 0.912 bits per heavy atom. The summed E-state index contributed by atoms with van der Waals surface area (Å²) in [7, 11) is 1.30. The number of rotatable bonds is 6. The lowest BCUT2D eigenvalue weighted by molar-refractivity contribution is -0.113. The summed E-state index contributed by atoms with van der Waals surface area (Å²) in [6, 6.07) is 24.5. The van der Waals surface area contributed by atoms with Crippen molar-refractivity contribution in [1.82, 2.24) is 19.8 Å². The Hall–Kier alpha value is -4.24. The van der Waals surface area contributed by atoms with Crippen LogP contribution in [0.5, 0.6) is 0 Å². The van der Waals surface area contributed by atoms with E-state index in [1.54, 1.807) is 28.8 Å². The van der Waals surface area contributed by atoms with Crippen LogP contribution in [0, 0.1) is 0 Å².